The van der Waals surface area contributed by atoms with E-state index in [0.717, 1.165) is 15.2 Å². The summed E-state index contributed by atoms with van der Waals surface area (Å²) >= 11 is 2.93. The summed E-state index contributed by atoms with van der Waals surface area (Å²) in [6.45, 7) is 4.35. The van der Waals surface area contributed by atoms with Crippen LogP contribution in [0.4, 0.5) is 5.13 Å². The number of hydrogen-bond acceptors (Lipinski definition) is 8. The number of nitrogens with zero attached hydrogens (tertiary/aromatic N) is 3. The molecule has 1 aromatic carbocycles. The Hall–Kier alpha value is -2.36. The van der Waals surface area contributed by atoms with E-state index >= 15 is 0 Å². The Labute approximate surface area is 171 Å². The first kappa shape index (κ1) is 20.4. The number of rotatable bonds is 8. The molecule has 3 rings (SSSR count). The van der Waals surface area contributed by atoms with Crippen LogP contribution in [0, 0.1) is 0 Å². The molecule has 2 aromatic heterocycles. The Bertz CT molecular complexity index is 936. The van der Waals surface area contributed by atoms with Crippen LogP contribution in [-0.2, 0) is 20.7 Å². The smallest absolute Gasteiger partial charge is 0.311 e. The number of esters is 1. The van der Waals surface area contributed by atoms with Crippen molar-refractivity contribution in [2.45, 2.75) is 26.3 Å². The maximum Gasteiger partial charge on any atom is 0.311 e. The van der Waals surface area contributed by atoms with Gasteiger partial charge in [0.25, 0.3) is 0 Å². The van der Waals surface area contributed by atoms with E-state index in [2.05, 4.69) is 15.3 Å². The van der Waals surface area contributed by atoms with E-state index in [-0.39, 0.29) is 30.9 Å². The molecule has 7 nitrogen and oxygen atoms in total. The minimum Gasteiger partial charge on any atom is -0.466 e. The van der Waals surface area contributed by atoms with Gasteiger partial charge in [-0.15, -0.1) is 22.7 Å². The van der Waals surface area contributed by atoms with Crippen LogP contribution in [-0.4, -0.2) is 46.9 Å². The molecule has 0 aliphatic carbocycles. The van der Waals surface area contributed by atoms with Crippen LogP contribution in [0.5, 0.6) is 0 Å². The molecule has 0 aliphatic rings. The monoisotopic (exact) mass is 418 g/mol. The zero-order valence-corrected chi connectivity index (χ0v) is 17.6. The van der Waals surface area contributed by atoms with Crippen LogP contribution in [0.2, 0.25) is 0 Å². The van der Waals surface area contributed by atoms with Crippen LogP contribution >= 0.6 is 22.7 Å². The molecule has 0 saturated heterocycles. The highest BCUT2D eigenvalue weighted by atomic mass is 32.1. The lowest BCUT2D eigenvalue weighted by Crippen LogP contribution is -2.32. The van der Waals surface area contributed by atoms with Gasteiger partial charge in [-0.25, -0.2) is 9.97 Å². The first-order valence-corrected chi connectivity index (χ1v) is 10.6. The largest absolute Gasteiger partial charge is 0.466 e. The van der Waals surface area contributed by atoms with Gasteiger partial charge in [0, 0.05) is 5.38 Å². The number of carbonyl (C=O) groups excluding carboxylic acids is 2. The predicted octanol–water partition coefficient (Wildman–Crippen LogP) is 3.49. The van der Waals surface area contributed by atoms with E-state index in [4.69, 9.17) is 4.74 Å². The highest BCUT2D eigenvalue weighted by Crippen LogP contribution is 2.28. The number of fused-ring (bicyclic) bond motifs is 1. The third kappa shape index (κ3) is 5.12. The van der Waals surface area contributed by atoms with Crippen molar-refractivity contribution in [2.75, 3.05) is 25.5 Å². The fourth-order valence-corrected chi connectivity index (χ4v) is 4.40. The summed E-state index contributed by atoms with van der Waals surface area (Å²) < 4.78 is 6.04. The summed E-state index contributed by atoms with van der Waals surface area (Å²) in [5, 5.41) is 5.99. The summed E-state index contributed by atoms with van der Waals surface area (Å²) in [4.78, 5) is 34.8. The van der Waals surface area contributed by atoms with Crippen LogP contribution in [0.3, 0.4) is 0 Å². The fraction of sp³-hybridized carbons (Fsp3) is 0.368. The molecule has 3 aromatic rings. The molecule has 0 bridgehead atoms. The van der Waals surface area contributed by atoms with Crippen molar-refractivity contribution in [3.05, 3.63) is 40.3 Å². The van der Waals surface area contributed by atoms with Gasteiger partial charge in [-0.05, 0) is 33.0 Å². The van der Waals surface area contributed by atoms with Gasteiger partial charge >= 0.3 is 5.97 Å². The fourth-order valence-electron chi connectivity index (χ4n) is 2.58. The first-order valence-electron chi connectivity index (χ1n) is 8.92. The molecule has 1 amide bonds. The van der Waals surface area contributed by atoms with E-state index in [1.54, 1.807) is 23.6 Å². The van der Waals surface area contributed by atoms with Crippen LogP contribution in [0.15, 0.2) is 29.6 Å². The van der Waals surface area contributed by atoms with Crippen molar-refractivity contribution in [2.24, 2.45) is 0 Å². The van der Waals surface area contributed by atoms with E-state index in [1.807, 2.05) is 43.1 Å². The molecule has 0 aliphatic heterocycles. The number of aromatic nitrogens is 2. The second-order valence-corrected chi connectivity index (χ2v) is 8.21. The molecular weight excluding hydrogens is 396 g/mol. The molecule has 0 saturated carbocycles. The lowest BCUT2D eigenvalue weighted by atomic mass is 10.3. The van der Waals surface area contributed by atoms with Gasteiger partial charge in [0.15, 0.2) is 5.13 Å². The van der Waals surface area contributed by atoms with Crippen LogP contribution in [0.1, 0.15) is 30.6 Å². The summed E-state index contributed by atoms with van der Waals surface area (Å²) in [5.74, 6) is -0.484. The number of anilines is 1. The normalized spacial score (nSPS) is 12.3. The van der Waals surface area contributed by atoms with Crippen molar-refractivity contribution in [3.8, 4) is 0 Å². The number of likely N-dealkylation sites (N-methyl/N-ethyl adjacent to an activating group) is 1. The van der Waals surface area contributed by atoms with Gasteiger partial charge < -0.3 is 10.1 Å². The standard InChI is InChI=1S/C19H22N4O3S2/c1-4-26-17(25)9-13-11-27-19(20-13)22-16(24)10-23(3)12(2)18-21-14-7-5-6-8-15(14)28-18/h5-8,11-12H,4,9-10H2,1-3H3,(H,20,22,24). The zero-order chi connectivity index (χ0) is 20.1. The van der Waals surface area contributed by atoms with Crippen molar-refractivity contribution in [1.29, 1.82) is 0 Å². The summed E-state index contributed by atoms with van der Waals surface area (Å²) in [6, 6.07) is 8.02. The molecule has 1 atom stereocenters. The Morgan fingerprint density at radius 1 is 1.29 bits per heavy atom. The number of ether oxygens (including phenoxy) is 1. The van der Waals surface area contributed by atoms with E-state index in [0.29, 0.717) is 17.4 Å². The molecular formula is C19H22N4O3S2. The molecule has 0 spiro atoms. The summed E-state index contributed by atoms with van der Waals surface area (Å²) in [6.07, 6.45) is 0.106. The maximum atomic E-state index is 12.4. The molecule has 9 heteroatoms. The second kappa shape index (κ2) is 9.22. The lowest BCUT2D eigenvalue weighted by molar-refractivity contribution is -0.142. The quantitative estimate of drug-likeness (QED) is 0.564. The number of benzene rings is 1. The van der Waals surface area contributed by atoms with Gasteiger partial charge in [-0.3, -0.25) is 14.5 Å². The average molecular weight is 419 g/mol. The van der Waals surface area contributed by atoms with Gasteiger partial charge in [-0.2, -0.15) is 0 Å². The van der Waals surface area contributed by atoms with Crippen LogP contribution in [0.25, 0.3) is 10.2 Å². The molecule has 0 radical (unpaired) electrons. The SMILES string of the molecule is CCOC(=O)Cc1csc(NC(=O)CN(C)C(C)c2nc3ccccc3s2)n1. The average Bonchev–Trinajstić information content (AvgIpc) is 3.27. The number of thiazole rings is 2. The van der Waals surface area contributed by atoms with Gasteiger partial charge in [0.1, 0.15) is 5.01 Å². The molecule has 1 N–H and O–H groups in total. The van der Waals surface area contributed by atoms with Gasteiger partial charge in [0.05, 0.1) is 41.5 Å². The number of carbonyl (C=O) groups is 2. The minimum absolute atomic E-state index is 0.0128. The minimum atomic E-state index is -0.324. The predicted molar refractivity (Wildman–Crippen MR) is 112 cm³/mol. The molecule has 28 heavy (non-hydrogen) atoms. The van der Waals surface area contributed by atoms with Gasteiger partial charge in [-0.1, -0.05) is 12.1 Å². The summed E-state index contributed by atoms with van der Waals surface area (Å²) in [5.41, 5.74) is 1.57. The van der Waals surface area contributed by atoms with E-state index in [9.17, 15) is 9.59 Å². The van der Waals surface area contributed by atoms with Crippen molar-refractivity contribution < 1.29 is 14.3 Å². The number of amides is 1. The maximum absolute atomic E-state index is 12.4. The number of para-hydroxylation sites is 1. The lowest BCUT2D eigenvalue weighted by Gasteiger charge is -2.21. The topological polar surface area (TPSA) is 84.4 Å². The van der Waals surface area contributed by atoms with Crippen LogP contribution < -0.4 is 5.32 Å². The highest BCUT2D eigenvalue weighted by molar-refractivity contribution is 7.18. The summed E-state index contributed by atoms with van der Waals surface area (Å²) in [7, 11) is 1.89. The third-order valence-electron chi connectivity index (χ3n) is 4.15. The Kier molecular flexibility index (Phi) is 6.71. The van der Waals surface area contributed by atoms with Crippen molar-refractivity contribution in [3.63, 3.8) is 0 Å². The van der Waals surface area contributed by atoms with E-state index in [1.165, 1.54) is 11.3 Å². The number of nitrogens with one attached hydrogen (secondary N) is 1. The molecule has 2 heterocycles. The molecule has 148 valence electrons. The third-order valence-corrected chi connectivity index (χ3v) is 6.16. The number of hydrogen-bond donors (Lipinski definition) is 1. The Morgan fingerprint density at radius 2 is 2.07 bits per heavy atom. The van der Waals surface area contributed by atoms with Gasteiger partial charge in [0.2, 0.25) is 5.91 Å². The first-order chi connectivity index (χ1) is 13.5. The molecule has 0 fully saturated rings. The Balaban J connectivity index is 1.55. The van der Waals surface area contributed by atoms with Crippen molar-refractivity contribution in [1.82, 2.24) is 14.9 Å². The van der Waals surface area contributed by atoms with Crippen molar-refractivity contribution >= 4 is 49.9 Å². The zero-order valence-electron chi connectivity index (χ0n) is 16.0. The Morgan fingerprint density at radius 3 is 2.82 bits per heavy atom. The van der Waals surface area contributed by atoms with E-state index < -0.39 is 0 Å². The second-order valence-electron chi connectivity index (χ2n) is 6.28. The highest BCUT2D eigenvalue weighted by Gasteiger charge is 2.19. The molecule has 1 unspecified atom stereocenters.